The molecule has 0 N–H and O–H groups in total. The van der Waals surface area contributed by atoms with Gasteiger partial charge < -0.3 is 18.9 Å². The lowest BCUT2D eigenvalue weighted by Crippen LogP contribution is -2.43. The van der Waals surface area contributed by atoms with Crippen molar-refractivity contribution in [2.24, 2.45) is 0 Å². The predicted molar refractivity (Wildman–Crippen MR) is 156 cm³/mol. The summed E-state index contributed by atoms with van der Waals surface area (Å²) in [6.45, 7) is 19.6. The highest BCUT2D eigenvalue weighted by Gasteiger charge is 2.31. The Bertz CT molecular complexity index is 1120. The highest BCUT2D eigenvalue weighted by atomic mass is 16.6. The zero-order chi connectivity index (χ0) is 32.5. The lowest BCUT2D eigenvalue weighted by molar-refractivity contribution is 0.00197. The molecule has 0 aliphatic heterocycles. The number of hydrogen-bond acceptors (Lipinski definition) is 9. The average molecular weight is 586 g/mol. The second-order valence-electron chi connectivity index (χ2n) is 13.1. The van der Waals surface area contributed by atoms with Gasteiger partial charge in [-0.25, -0.2) is 34.0 Å². The first kappa shape index (κ1) is 35.8. The van der Waals surface area contributed by atoms with Gasteiger partial charge in [0.2, 0.25) is 0 Å². The predicted octanol–water partition coefficient (Wildman–Crippen LogP) is 6.13. The van der Waals surface area contributed by atoms with Gasteiger partial charge in [-0.3, -0.25) is 0 Å². The van der Waals surface area contributed by atoms with E-state index in [1.54, 1.807) is 101 Å². The molecule has 0 atom stereocenters. The van der Waals surface area contributed by atoms with Gasteiger partial charge in [-0.15, -0.1) is 0 Å². The third-order valence-corrected chi connectivity index (χ3v) is 4.11. The van der Waals surface area contributed by atoms with Crippen molar-refractivity contribution in [2.75, 3.05) is 13.1 Å². The Morgan fingerprint density at radius 1 is 0.571 bits per heavy atom. The van der Waals surface area contributed by atoms with E-state index in [-0.39, 0.29) is 13.1 Å². The van der Waals surface area contributed by atoms with E-state index in [2.05, 4.69) is 28.7 Å². The minimum Gasteiger partial charge on any atom is -0.443 e. The molecule has 0 unspecified atom stereocenters. The number of pyridine rings is 1. The van der Waals surface area contributed by atoms with Gasteiger partial charge in [0.1, 0.15) is 33.8 Å². The van der Waals surface area contributed by atoms with E-state index in [4.69, 9.17) is 18.9 Å². The second kappa shape index (κ2) is 14.1. The summed E-state index contributed by atoms with van der Waals surface area (Å²) in [7, 11) is 0. The van der Waals surface area contributed by atoms with Crippen LogP contribution in [0.1, 0.15) is 94.5 Å². The number of carbonyl (C=O) groups excluding carboxylic acids is 4. The highest BCUT2D eigenvalue weighted by molar-refractivity contribution is 5.89. The van der Waals surface area contributed by atoms with Gasteiger partial charge in [-0.05, 0) is 107 Å². The molecule has 230 valence electrons. The van der Waals surface area contributed by atoms with Crippen molar-refractivity contribution in [1.29, 1.82) is 0 Å². The Hall–Kier alpha value is -4.25. The fraction of sp³-hybridized carbons (Fsp3) is 0.581. The van der Waals surface area contributed by atoms with E-state index in [0.717, 1.165) is 9.80 Å². The SMILES string of the molecule is CC(C)(C)OC(=O)N(CC#Cc1cccc(C#CCN(C(=O)OC(C)(C)C)C(=O)OC(C)(C)C)n1)C(=O)OC(C)(C)C. The van der Waals surface area contributed by atoms with Crippen LogP contribution in [0.15, 0.2) is 18.2 Å². The van der Waals surface area contributed by atoms with Crippen molar-refractivity contribution >= 4 is 24.4 Å². The second-order valence-corrected chi connectivity index (χ2v) is 13.1. The molecule has 0 saturated heterocycles. The molecule has 11 nitrogen and oxygen atoms in total. The highest BCUT2D eigenvalue weighted by Crippen LogP contribution is 2.16. The summed E-state index contributed by atoms with van der Waals surface area (Å²) in [4.78, 5) is 56.4. The van der Waals surface area contributed by atoms with Crippen LogP contribution in [-0.2, 0) is 18.9 Å². The van der Waals surface area contributed by atoms with Crippen molar-refractivity contribution in [1.82, 2.24) is 14.8 Å². The van der Waals surface area contributed by atoms with Gasteiger partial charge in [-0.2, -0.15) is 0 Å². The first-order chi connectivity index (χ1) is 19.0. The molecule has 42 heavy (non-hydrogen) atoms. The zero-order valence-electron chi connectivity index (χ0n) is 26.8. The molecular weight excluding hydrogens is 542 g/mol. The van der Waals surface area contributed by atoms with Crippen molar-refractivity contribution in [3.05, 3.63) is 29.6 Å². The van der Waals surface area contributed by atoms with E-state index >= 15 is 0 Å². The van der Waals surface area contributed by atoms with E-state index < -0.39 is 46.8 Å². The Labute approximate surface area is 249 Å². The fourth-order valence-corrected chi connectivity index (χ4v) is 2.67. The molecule has 1 aromatic heterocycles. The molecule has 0 saturated carbocycles. The third kappa shape index (κ3) is 14.9. The van der Waals surface area contributed by atoms with Crippen LogP contribution in [0, 0.1) is 23.7 Å². The molecule has 0 spiro atoms. The summed E-state index contributed by atoms with van der Waals surface area (Å²) < 4.78 is 21.3. The zero-order valence-corrected chi connectivity index (χ0v) is 26.8. The molecule has 0 bridgehead atoms. The summed E-state index contributed by atoms with van der Waals surface area (Å²) in [5.74, 6) is 11.1. The summed E-state index contributed by atoms with van der Waals surface area (Å²) in [5.41, 5.74) is -2.70. The van der Waals surface area contributed by atoms with Gasteiger partial charge in [0.05, 0.1) is 13.1 Å². The molecule has 0 aliphatic carbocycles. The van der Waals surface area contributed by atoms with Gasteiger partial charge in [0.25, 0.3) is 0 Å². The summed E-state index contributed by atoms with van der Waals surface area (Å²) in [6, 6.07) is 4.91. The number of nitrogens with zero attached hydrogens (tertiary/aromatic N) is 3. The number of hydrogen-bond donors (Lipinski definition) is 0. The maximum atomic E-state index is 12.6. The van der Waals surface area contributed by atoms with Gasteiger partial charge in [-0.1, -0.05) is 17.9 Å². The molecule has 1 aromatic rings. The third-order valence-electron chi connectivity index (χ3n) is 4.11. The van der Waals surface area contributed by atoms with E-state index in [0.29, 0.717) is 11.4 Å². The van der Waals surface area contributed by atoms with Crippen LogP contribution in [-0.4, -0.2) is 74.7 Å². The van der Waals surface area contributed by atoms with Crippen LogP contribution in [0.25, 0.3) is 0 Å². The molecule has 1 heterocycles. The normalized spacial score (nSPS) is 11.5. The maximum absolute atomic E-state index is 12.6. The molecule has 11 heteroatoms. The number of rotatable bonds is 2. The Kier molecular flexibility index (Phi) is 12.0. The van der Waals surface area contributed by atoms with Crippen molar-refractivity contribution < 1.29 is 38.1 Å². The summed E-state index contributed by atoms with van der Waals surface area (Å²) in [6.07, 6.45) is -3.56. The molecule has 1 rings (SSSR count). The van der Waals surface area contributed by atoms with Crippen LogP contribution >= 0.6 is 0 Å². The molecular formula is C31H43N3O8. The van der Waals surface area contributed by atoms with E-state index in [9.17, 15) is 19.2 Å². The van der Waals surface area contributed by atoms with Crippen molar-refractivity contribution in [3.63, 3.8) is 0 Å². The summed E-state index contributed by atoms with van der Waals surface area (Å²) >= 11 is 0. The molecule has 0 radical (unpaired) electrons. The number of imide groups is 2. The fourth-order valence-electron chi connectivity index (χ4n) is 2.67. The first-order valence-electron chi connectivity index (χ1n) is 13.4. The minimum absolute atomic E-state index is 0.303. The Balaban J connectivity index is 3.14. The van der Waals surface area contributed by atoms with E-state index in [1.165, 1.54) is 0 Å². The van der Waals surface area contributed by atoms with Crippen molar-refractivity contribution in [2.45, 2.75) is 105 Å². The molecule has 0 fully saturated rings. The van der Waals surface area contributed by atoms with Gasteiger partial charge in [0.15, 0.2) is 0 Å². The lowest BCUT2D eigenvalue weighted by Gasteiger charge is -2.27. The topological polar surface area (TPSA) is 125 Å². The largest absolute Gasteiger partial charge is 0.443 e. The standard InChI is InChI=1S/C31H43N3O8/c1-28(2,3)39-24(35)33(25(36)40-29(4,5)6)20-14-18-22-16-13-17-23(32-22)19-15-21-34(26(37)41-30(7,8)9)27(38)42-31(10,11)12/h13,16-17H,20-21H2,1-12H3. The smallest absolute Gasteiger partial charge is 0.420 e. The van der Waals surface area contributed by atoms with Crippen LogP contribution in [0.3, 0.4) is 0 Å². The van der Waals surface area contributed by atoms with Gasteiger partial charge >= 0.3 is 24.4 Å². The molecule has 0 aromatic carbocycles. The Morgan fingerprint density at radius 3 is 1.07 bits per heavy atom. The van der Waals surface area contributed by atoms with Crippen LogP contribution in [0.5, 0.6) is 0 Å². The maximum Gasteiger partial charge on any atom is 0.420 e. The molecule has 4 amide bonds. The number of carbonyl (C=O) groups is 4. The van der Waals surface area contributed by atoms with E-state index in [1.807, 2.05) is 0 Å². The van der Waals surface area contributed by atoms with Crippen LogP contribution in [0.2, 0.25) is 0 Å². The van der Waals surface area contributed by atoms with Crippen molar-refractivity contribution in [3.8, 4) is 23.7 Å². The Morgan fingerprint density at radius 2 is 0.833 bits per heavy atom. The average Bonchev–Trinajstić information content (AvgIpc) is 2.74. The number of ether oxygens (including phenoxy) is 4. The quantitative estimate of drug-likeness (QED) is 0.298. The summed E-state index contributed by atoms with van der Waals surface area (Å²) in [5, 5.41) is 0. The number of amides is 4. The van der Waals surface area contributed by atoms with Crippen LogP contribution < -0.4 is 0 Å². The monoisotopic (exact) mass is 585 g/mol. The minimum atomic E-state index is -0.891. The van der Waals surface area contributed by atoms with Crippen LogP contribution in [0.4, 0.5) is 19.2 Å². The molecule has 0 aliphatic rings. The lowest BCUT2D eigenvalue weighted by atomic mass is 10.2. The first-order valence-corrected chi connectivity index (χ1v) is 13.4. The van der Waals surface area contributed by atoms with Gasteiger partial charge in [0, 0.05) is 0 Å². The number of aromatic nitrogens is 1.